The first-order valence-corrected chi connectivity index (χ1v) is 8.24. The smallest absolute Gasteiger partial charge is 0.326 e. The van der Waals surface area contributed by atoms with Gasteiger partial charge in [0.05, 0.1) is 6.61 Å². The highest BCUT2D eigenvalue weighted by Crippen LogP contribution is 2.32. The number of amides is 3. The second-order valence-corrected chi connectivity index (χ2v) is 6.17. The molecule has 3 amide bonds. The maximum Gasteiger partial charge on any atom is 0.326 e. The van der Waals surface area contributed by atoms with Gasteiger partial charge in [-0.2, -0.15) is 0 Å². The number of esters is 1. The van der Waals surface area contributed by atoms with Crippen molar-refractivity contribution >= 4 is 28.9 Å². The Labute approximate surface area is 144 Å². The van der Waals surface area contributed by atoms with Crippen molar-refractivity contribution in [1.82, 2.24) is 10.2 Å². The van der Waals surface area contributed by atoms with E-state index in [0.29, 0.717) is 11.3 Å². The maximum absolute atomic E-state index is 12.8. The summed E-state index contributed by atoms with van der Waals surface area (Å²) in [6.45, 7) is 3.40. The number of para-hydroxylation sites is 1. The fourth-order valence-corrected chi connectivity index (χ4v) is 2.74. The number of rotatable bonds is 6. The highest BCUT2D eigenvalue weighted by atomic mass is 16.5. The summed E-state index contributed by atoms with van der Waals surface area (Å²) in [6.07, 6.45) is 1.63. The van der Waals surface area contributed by atoms with E-state index in [1.54, 1.807) is 19.1 Å². The van der Waals surface area contributed by atoms with Crippen molar-refractivity contribution in [3.05, 3.63) is 36.1 Å². The molecule has 2 heterocycles. The minimum absolute atomic E-state index is 0.278. The molecule has 1 fully saturated rings. The van der Waals surface area contributed by atoms with Crippen molar-refractivity contribution in [2.45, 2.75) is 32.2 Å². The predicted molar refractivity (Wildman–Crippen MR) is 89.7 cm³/mol. The van der Waals surface area contributed by atoms with E-state index in [1.807, 2.05) is 25.1 Å². The van der Waals surface area contributed by atoms with Gasteiger partial charge in [-0.3, -0.25) is 14.5 Å². The zero-order chi connectivity index (χ0) is 18.0. The summed E-state index contributed by atoms with van der Waals surface area (Å²) in [6, 6.07) is 8.41. The number of urea groups is 1. The molecule has 1 unspecified atom stereocenters. The van der Waals surface area contributed by atoms with E-state index >= 15 is 0 Å². The number of hydrogen-bond donors (Lipinski definition) is 1. The predicted octanol–water partition coefficient (Wildman–Crippen LogP) is 2.54. The Morgan fingerprint density at radius 1 is 1.32 bits per heavy atom. The molecule has 0 bridgehead atoms. The molecule has 0 aliphatic carbocycles. The number of benzene rings is 1. The normalized spacial score (nSPS) is 20.2. The van der Waals surface area contributed by atoms with Gasteiger partial charge in [0.25, 0.3) is 5.91 Å². The third kappa shape index (κ3) is 3.09. The fourth-order valence-electron chi connectivity index (χ4n) is 2.74. The third-order valence-corrected chi connectivity index (χ3v) is 4.24. The zero-order valence-corrected chi connectivity index (χ0v) is 14.2. The average molecular weight is 344 g/mol. The first kappa shape index (κ1) is 17.0. The van der Waals surface area contributed by atoms with Gasteiger partial charge in [-0.05, 0) is 25.5 Å². The lowest BCUT2D eigenvalue weighted by Gasteiger charge is -2.18. The Balaban J connectivity index is 1.78. The number of carbonyl (C=O) groups is 3. The summed E-state index contributed by atoms with van der Waals surface area (Å²) in [7, 11) is 0. The number of imide groups is 1. The Kier molecular flexibility index (Phi) is 4.48. The summed E-state index contributed by atoms with van der Waals surface area (Å²) < 4.78 is 10.8. The molecule has 1 saturated heterocycles. The lowest BCUT2D eigenvalue weighted by molar-refractivity contribution is -0.148. The number of unbranched alkanes of at least 4 members (excludes halogenated alkanes) is 1. The first-order chi connectivity index (χ1) is 12.0. The minimum Gasteiger partial charge on any atom is -0.464 e. The Morgan fingerprint density at radius 2 is 2.08 bits per heavy atom. The molecule has 7 nitrogen and oxygen atoms in total. The second-order valence-electron chi connectivity index (χ2n) is 6.17. The molecule has 0 saturated carbocycles. The molecule has 3 rings (SSSR count). The number of carbonyl (C=O) groups excluding carboxylic acids is 3. The van der Waals surface area contributed by atoms with Gasteiger partial charge >= 0.3 is 12.0 Å². The molecule has 1 atom stereocenters. The monoisotopic (exact) mass is 344 g/mol. The van der Waals surface area contributed by atoms with Crippen LogP contribution in [0.3, 0.4) is 0 Å². The molecule has 1 aliphatic heterocycles. The van der Waals surface area contributed by atoms with E-state index in [1.165, 1.54) is 0 Å². The van der Waals surface area contributed by atoms with Gasteiger partial charge in [0.15, 0.2) is 5.54 Å². The number of hydrogen-bond acceptors (Lipinski definition) is 5. The van der Waals surface area contributed by atoms with E-state index < -0.39 is 30.0 Å². The van der Waals surface area contributed by atoms with E-state index in [9.17, 15) is 14.4 Å². The standard InChI is InChI=1S/C18H20N2O5/c1-3-4-9-24-15(21)11-20-16(22)18(2,19-17(20)23)14-10-12-7-5-6-8-13(12)25-14/h5-8,10H,3-4,9,11H2,1-2H3,(H,19,23). The maximum atomic E-state index is 12.8. The third-order valence-electron chi connectivity index (χ3n) is 4.24. The van der Waals surface area contributed by atoms with Crippen molar-refractivity contribution in [3.63, 3.8) is 0 Å². The van der Waals surface area contributed by atoms with Gasteiger partial charge in [0.1, 0.15) is 17.9 Å². The van der Waals surface area contributed by atoms with Gasteiger partial charge in [-0.25, -0.2) is 4.79 Å². The highest BCUT2D eigenvalue weighted by molar-refractivity contribution is 6.08. The number of nitrogens with one attached hydrogen (secondary N) is 1. The molecular weight excluding hydrogens is 324 g/mol. The van der Waals surface area contributed by atoms with Gasteiger partial charge in [0.2, 0.25) is 0 Å². The SMILES string of the molecule is CCCCOC(=O)CN1C(=O)NC(C)(c2cc3ccccc3o2)C1=O. The van der Waals surface area contributed by atoms with Crippen molar-refractivity contribution < 1.29 is 23.5 Å². The van der Waals surface area contributed by atoms with Crippen molar-refractivity contribution in [3.8, 4) is 0 Å². The van der Waals surface area contributed by atoms with Crippen LogP contribution in [0.25, 0.3) is 11.0 Å². The molecule has 25 heavy (non-hydrogen) atoms. The van der Waals surface area contributed by atoms with E-state index in [-0.39, 0.29) is 6.61 Å². The first-order valence-electron chi connectivity index (χ1n) is 8.24. The molecule has 0 spiro atoms. The van der Waals surface area contributed by atoms with Gasteiger partial charge < -0.3 is 14.5 Å². The van der Waals surface area contributed by atoms with Gasteiger partial charge in [-0.1, -0.05) is 31.5 Å². The molecule has 132 valence electrons. The van der Waals surface area contributed by atoms with Crippen LogP contribution in [-0.4, -0.2) is 36.0 Å². The highest BCUT2D eigenvalue weighted by Gasteiger charge is 2.51. The topological polar surface area (TPSA) is 88.8 Å². The second kappa shape index (κ2) is 6.58. The molecule has 1 N–H and O–H groups in total. The van der Waals surface area contributed by atoms with Crippen LogP contribution >= 0.6 is 0 Å². The van der Waals surface area contributed by atoms with E-state index in [4.69, 9.17) is 9.15 Å². The minimum atomic E-state index is -1.35. The number of fused-ring (bicyclic) bond motifs is 1. The van der Waals surface area contributed by atoms with Crippen LogP contribution in [0.5, 0.6) is 0 Å². The lowest BCUT2D eigenvalue weighted by Crippen LogP contribution is -2.41. The Hall–Kier alpha value is -2.83. The van der Waals surface area contributed by atoms with E-state index in [2.05, 4.69) is 5.32 Å². The summed E-state index contributed by atoms with van der Waals surface area (Å²) >= 11 is 0. The molecular formula is C18H20N2O5. The molecule has 2 aromatic rings. The fraction of sp³-hybridized carbons (Fsp3) is 0.389. The molecule has 1 aromatic heterocycles. The van der Waals surface area contributed by atoms with Gasteiger partial charge in [0, 0.05) is 5.39 Å². The van der Waals surface area contributed by atoms with Crippen LogP contribution in [-0.2, 0) is 19.9 Å². The van der Waals surface area contributed by atoms with Crippen LogP contribution in [0, 0.1) is 0 Å². The summed E-state index contributed by atoms with van der Waals surface area (Å²) in [5, 5.41) is 3.45. The van der Waals surface area contributed by atoms with Crippen LogP contribution in [0.15, 0.2) is 34.7 Å². The van der Waals surface area contributed by atoms with E-state index in [0.717, 1.165) is 23.1 Å². The molecule has 7 heteroatoms. The molecule has 1 aliphatic rings. The van der Waals surface area contributed by atoms with Crippen molar-refractivity contribution in [2.24, 2.45) is 0 Å². The Morgan fingerprint density at radius 3 is 2.80 bits per heavy atom. The van der Waals surface area contributed by atoms with Crippen LogP contribution < -0.4 is 5.32 Å². The number of ether oxygens (including phenoxy) is 1. The molecule has 0 radical (unpaired) electrons. The largest absolute Gasteiger partial charge is 0.464 e. The van der Waals surface area contributed by atoms with Crippen LogP contribution in [0.1, 0.15) is 32.4 Å². The quantitative estimate of drug-likeness (QED) is 0.494. The molecule has 1 aromatic carbocycles. The number of furan rings is 1. The van der Waals surface area contributed by atoms with Crippen LogP contribution in [0.4, 0.5) is 4.79 Å². The zero-order valence-electron chi connectivity index (χ0n) is 14.2. The summed E-state index contributed by atoms with van der Waals surface area (Å²) in [5.74, 6) is -0.816. The van der Waals surface area contributed by atoms with Crippen molar-refractivity contribution in [1.29, 1.82) is 0 Å². The average Bonchev–Trinajstić information content (AvgIpc) is 3.11. The summed E-state index contributed by atoms with van der Waals surface area (Å²) in [4.78, 5) is 37.7. The lowest BCUT2D eigenvalue weighted by atomic mass is 9.99. The van der Waals surface area contributed by atoms with Gasteiger partial charge in [-0.15, -0.1) is 0 Å². The Bertz CT molecular complexity index is 795. The summed E-state index contributed by atoms with van der Waals surface area (Å²) in [5.41, 5.74) is -0.724. The number of nitrogens with zero attached hydrogens (tertiary/aromatic N) is 1. The van der Waals surface area contributed by atoms with Crippen LogP contribution in [0.2, 0.25) is 0 Å². The van der Waals surface area contributed by atoms with Crippen molar-refractivity contribution in [2.75, 3.05) is 13.2 Å².